The quantitative estimate of drug-likeness (QED) is 0.843. The summed E-state index contributed by atoms with van der Waals surface area (Å²) in [4.78, 5) is 0. The minimum Gasteiger partial charge on any atom is -0.373 e. The van der Waals surface area contributed by atoms with E-state index in [9.17, 15) is 0 Å². The fourth-order valence-corrected chi connectivity index (χ4v) is 3.35. The lowest BCUT2D eigenvalue weighted by atomic mass is 9.88. The van der Waals surface area contributed by atoms with Crippen LogP contribution in [0.2, 0.25) is 0 Å². The van der Waals surface area contributed by atoms with Gasteiger partial charge < -0.3 is 10.1 Å². The topological polar surface area (TPSA) is 21.3 Å². The highest BCUT2D eigenvalue weighted by molar-refractivity contribution is 5.29. The standard InChI is InChI=1S/C19H29NO/c1-14(2)12-20-13-18-4-3-11-21-19(18)17-9-7-16(8-10-17)15-5-6-15/h7-10,14-15,18-20H,3-6,11-13H2,1-2H3. The van der Waals surface area contributed by atoms with Gasteiger partial charge in [0, 0.05) is 19.1 Å². The first kappa shape index (κ1) is 15.1. The summed E-state index contributed by atoms with van der Waals surface area (Å²) in [6, 6.07) is 9.26. The molecule has 1 saturated heterocycles. The number of hydrogen-bond acceptors (Lipinski definition) is 2. The van der Waals surface area contributed by atoms with Crippen molar-refractivity contribution in [2.75, 3.05) is 19.7 Å². The lowest BCUT2D eigenvalue weighted by Crippen LogP contribution is -2.33. The van der Waals surface area contributed by atoms with Gasteiger partial charge >= 0.3 is 0 Å². The van der Waals surface area contributed by atoms with Crippen molar-refractivity contribution in [2.45, 2.75) is 51.6 Å². The van der Waals surface area contributed by atoms with Crippen molar-refractivity contribution in [3.8, 4) is 0 Å². The maximum Gasteiger partial charge on any atom is 0.0865 e. The van der Waals surface area contributed by atoms with Gasteiger partial charge in [-0.15, -0.1) is 0 Å². The van der Waals surface area contributed by atoms with Crippen molar-refractivity contribution < 1.29 is 4.74 Å². The molecule has 1 heterocycles. The van der Waals surface area contributed by atoms with Crippen LogP contribution in [0.15, 0.2) is 24.3 Å². The molecule has 1 aliphatic carbocycles. The molecule has 1 N–H and O–H groups in total. The molecule has 1 aliphatic heterocycles. The number of benzene rings is 1. The van der Waals surface area contributed by atoms with E-state index >= 15 is 0 Å². The predicted octanol–water partition coefficient (Wildman–Crippen LogP) is 4.28. The van der Waals surface area contributed by atoms with Crippen LogP contribution in [0.5, 0.6) is 0 Å². The highest BCUT2D eigenvalue weighted by Crippen LogP contribution is 2.41. The molecule has 3 rings (SSSR count). The summed E-state index contributed by atoms with van der Waals surface area (Å²) < 4.78 is 6.11. The summed E-state index contributed by atoms with van der Waals surface area (Å²) in [7, 11) is 0. The Hall–Kier alpha value is -0.860. The van der Waals surface area contributed by atoms with E-state index in [2.05, 4.69) is 43.4 Å². The van der Waals surface area contributed by atoms with Crippen LogP contribution < -0.4 is 5.32 Å². The van der Waals surface area contributed by atoms with Gasteiger partial charge in [-0.05, 0) is 55.2 Å². The second-order valence-corrected chi connectivity index (χ2v) is 7.19. The van der Waals surface area contributed by atoms with Gasteiger partial charge in [0.1, 0.15) is 0 Å². The molecule has 2 unspecified atom stereocenters. The Morgan fingerprint density at radius 1 is 1.10 bits per heavy atom. The molecule has 0 bridgehead atoms. The summed E-state index contributed by atoms with van der Waals surface area (Å²) >= 11 is 0. The predicted molar refractivity (Wildman–Crippen MR) is 87.5 cm³/mol. The van der Waals surface area contributed by atoms with E-state index in [1.165, 1.54) is 36.8 Å². The van der Waals surface area contributed by atoms with E-state index < -0.39 is 0 Å². The summed E-state index contributed by atoms with van der Waals surface area (Å²) in [5.74, 6) is 2.17. The van der Waals surface area contributed by atoms with Crippen LogP contribution in [-0.2, 0) is 4.74 Å². The third-order valence-electron chi connectivity index (χ3n) is 4.72. The van der Waals surface area contributed by atoms with Gasteiger partial charge in [-0.25, -0.2) is 0 Å². The first-order chi connectivity index (χ1) is 10.2. The summed E-state index contributed by atoms with van der Waals surface area (Å²) in [5, 5.41) is 3.61. The van der Waals surface area contributed by atoms with E-state index in [4.69, 9.17) is 4.74 Å². The second-order valence-electron chi connectivity index (χ2n) is 7.19. The van der Waals surface area contributed by atoms with Crippen LogP contribution in [0.3, 0.4) is 0 Å². The lowest BCUT2D eigenvalue weighted by Gasteiger charge is -2.32. The molecule has 0 spiro atoms. The zero-order chi connectivity index (χ0) is 14.7. The number of rotatable bonds is 6. The Kier molecular flexibility index (Phi) is 4.97. The zero-order valence-corrected chi connectivity index (χ0v) is 13.5. The SMILES string of the molecule is CC(C)CNCC1CCCOC1c1ccc(C2CC2)cc1. The van der Waals surface area contributed by atoms with Crippen LogP contribution in [0, 0.1) is 11.8 Å². The maximum atomic E-state index is 6.11. The first-order valence-corrected chi connectivity index (χ1v) is 8.66. The molecule has 2 aliphatic rings. The van der Waals surface area contributed by atoms with Gasteiger partial charge in [-0.2, -0.15) is 0 Å². The molecular weight excluding hydrogens is 258 g/mol. The van der Waals surface area contributed by atoms with E-state index in [-0.39, 0.29) is 6.10 Å². The fraction of sp³-hybridized carbons (Fsp3) is 0.684. The lowest BCUT2D eigenvalue weighted by molar-refractivity contribution is -0.0278. The van der Waals surface area contributed by atoms with E-state index in [1.807, 2.05) is 0 Å². The Labute approximate surface area is 129 Å². The maximum absolute atomic E-state index is 6.11. The monoisotopic (exact) mass is 287 g/mol. The van der Waals surface area contributed by atoms with Gasteiger partial charge in [-0.3, -0.25) is 0 Å². The minimum absolute atomic E-state index is 0.284. The van der Waals surface area contributed by atoms with E-state index in [1.54, 1.807) is 0 Å². The molecule has 0 amide bonds. The van der Waals surface area contributed by atoms with Crippen LogP contribution >= 0.6 is 0 Å². The Morgan fingerprint density at radius 3 is 2.48 bits per heavy atom. The van der Waals surface area contributed by atoms with Gasteiger partial charge in [0.25, 0.3) is 0 Å². The smallest absolute Gasteiger partial charge is 0.0865 e. The van der Waals surface area contributed by atoms with Crippen molar-refractivity contribution in [3.63, 3.8) is 0 Å². The number of hydrogen-bond donors (Lipinski definition) is 1. The second kappa shape index (κ2) is 6.93. The molecule has 2 fully saturated rings. The third-order valence-corrected chi connectivity index (χ3v) is 4.72. The van der Waals surface area contributed by atoms with Crippen molar-refractivity contribution in [1.82, 2.24) is 5.32 Å². The molecule has 21 heavy (non-hydrogen) atoms. The van der Waals surface area contributed by atoms with Crippen LogP contribution in [0.1, 0.15) is 62.7 Å². The summed E-state index contributed by atoms with van der Waals surface area (Å²) in [5.41, 5.74) is 2.89. The molecule has 116 valence electrons. The molecule has 0 radical (unpaired) electrons. The number of ether oxygens (including phenoxy) is 1. The Bertz CT molecular complexity index is 435. The van der Waals surface area contributed by atoms with Gasteiger partial charge in [0.15, 0.2) is 0 Å². The van der Waals surface area contributed by atoms with Crippen molar-refractivity contribution in [3.05, 3.63) is 35.4 Å². The van der Waals surface area contributed by atoms with Gasteiger partial charge in [-0.1, -0.05) is 38.1 Å². The average molecular weight is 287 g/mol. The van der Waals surface area contributed by atoms with Crippen molar-refractivity contribution in [2.24, 2.45) is 11.8 Å². The fourth-order valence-electron chi connectivity index (χ4n) is 3.35. The average Bonchev–Trinajstić information content (AvgIpc) is 3.32. The van der Waals surface area contributed by atoms with Gasteiger partial charge in [0.2, 0.25) is 0 Å². The van der Waals surface area contributed by atoms with Crippen molar-refractivity contribution in [1.29, 1.82) is 0 Å². The Morgan fingerprint density at radius 2 is 1.81 bits per heavy atom. The first-order valence-electron chi connectivity index (χ1n) is 8.66. The molecule has 1 aromatic carbocycles. The van der Waals surface area contributed by atoms with Crippen LogP contribution in [0.4, 0.5) is 0 Å². The minimum atomic E-state index is 0.284. The largest absolute Gasteiger partial charge is 0.373 e. The normalized spacial score (nSPS) is 26.2. The molecular formula is C19H29NO. The third kappa shape index (κ3) is 4.08. The summed E-state index contributed by atoms with van der Waals surface area (Å²) in [6.07, 6.45) is 5.51. The van der Waals surface area contributed by atoms with Gasteiger partial charge in [0.05, 0.1) is 6.10 Å². The Balaban J connectivity index is 1.62. The molecule has 2 nitrogen and oxygen atoms in total. The van der Waals surface area contributed by atoms with Crippen molar-refractivity contribution >= 4 is 0 Å². The molecule has 0 aromatic heterocycles. The van der Waals surface area contributed by atoms with Crippen LogP contribution in [0.25, 0.3) is 0 Å². The molecule has 2 heteroatoms. The summed E-state index contributed by atoms with van der Waals surface area (Å²) in [6.45, 7) is 7.61. The molecule has 1 aromatic rings. The molecule has 2 atom stereocenters. The number of nitrogens with one attached hydrogen (secondary N) is 1. The highest BCUT2D eigenvalue weighted by atomic mass is 16.5. The molecule has 1 saturated carbocycles. The van der Waals surface area contributed by atoms with Crippen LogP contribution in [-0.4, -0.2) is 19.7 Å². The highest BCUT2D eigenvalue weighted by Gasteiger charge is 2.28. The van der Waals surface area contributed by atoms with E-state index in [0.29, 0.717) is 11.8 Å². The van der Waals surface area contributed by atoms with E-state index in [0.717, 1.165) is 25.6 Å². The zero-order valence-electron chi connectivity index (χ0n) is 13.5.